The van der Waals surface area contributed by atoms with Crippen LogP contribution in [0.5, 0.6) is 0 Å². The summed E-state index contributed by atoms with van der Waals surface area (Å²) in [5.41, 5.74) is 3.66. The number of rotatable bonds is 6. The molecule has 1 aromatic carbocycles. The molecule has 0 saturated heterocycles. The van der Waals surface area contributed by atoms with Gasteiger partial charge in [-0.1, -0.05) is 30.0 Å². The number of thioether (sulfide) groups is 1. The first-order chi connectivity index (χ1) is 14.9. The van der Waals surface area contributed by atoms with Gasteiger partial charge in [-0.15, -0.1) is 11.3 Å². The lowest BCUT2D eigenvalue weighted by Gasteiger charge is -2.14. The van der Waals surface area contributed by atoms with Gasteiger partial charge in [0.15, 0.2) is 0 Å². The summed E-state index contributed by atoms with van der Waals surface area (Å²) in [5, 5.41) is 5.53. The maximum atomic E-state index is 12.7. The van der Waals surface area contributed by atoms with Gasteiger partial charge in [0.2, 0.25) is 5.91 Å². The first kappa shape index (κ1) is 21.8. The van der Waals surface area contributed by atoms with E-state index in [-0.39, 0.29) is 23.7 Å². The van der Waals surface area contributed by atoms with Gasteiger partial charge >= 0.3 is 5.97 Å². The molecule has 0 aliphatic heterocycles. The number of nitrogens with one attached hydrogen (secondary N) is 1. The first-order valence-corrected chi connectivity index (χ1v) is 12.4. The first-order valence-electron chi connectivity index (χ1n) is 10.6. The van der Waals surface area contributed by atoms with Crippen molar-refractivity contribution in [3.05, 3.63) is 51.9 Å². The Labute approximate surface area is 190 Å². The number of para-hydroxylation sites is 1. The molecule has 162 valence electrons. The van der Waals surface area contributed by atoms with Crippen LogP contribution in [0.3, 0.4) is 0 Å². The van der Waals surface area contributed by atoms with Crippen molar-refractivity contribution in [3.8, 4) is 0 Å². The van der Waals surface area contributed by atoms with Crippen molar-refractivity contribution in [2.75, 3.05) is 11.1 Å². The van der Waals surface area contributed by atoms with E-state index < -0.39 is 0 Å². The van der Waals surface area contributed by atoms with Gasteiger partial charge < -0.3 is 10.1 Å². The number of carbonyl (C=O) groups excluding carboxylic acids is 2. The number of hydrogen-bond donors (Lipinski definition) is 1. The van der Waals surface area contributed by atoms with Crippen molar-refractivity contribution >= 4 is 50.9 Å². The van der Waals surface area contributed by atoms with Gasteiger partial charge in [0.25, 0.3) is 0 Å². The molecule has 0 radical (unpaired) electrons. The van der Waals surface area contributed by atoms with E-state index in [0.29, 0.717) is 10.6 Å². The van der Waals surface area contributed by atoms with Gasteiger partial charge in [-0.3, -0.25) is 4.79 Å². The number of aryl methyl sites for hydroxylation is 2. The van der Waals surface area contributed by atoms with Crippen LogP contribution in [-0.2, 0) is 22.4 Å². The largest absolute Gasteiger partial charge is 0.459 e. The van der Waals surface area contributed by atoms with Crippen LogP contribution in [0.4, 0.5) is 5.00 Å². The second-order valence-corrected chi connectivity index (χ2v) is 10.1. The fraction of sp³-hybridized carbons (Fsp3) is 0.375. The number of pyridine rings is 1. The van der Waals surface area contributed by atoms with Crippen molar-refractivity contribution in [3.63, 3.8) is 0 Å². The van der Waals surface area contributed by atoms with Crippen LogP contribution in [-0.4, -0.2) is 28.7 Å². The van der Waals surface area contributed by atoms with Crippen LogP contribution in [0.15, 0.2) is 35.4 Å². The zero-order valence-electron chi connectivity index (χ0n) is 18.0. The summed E-state index contributed by atoms with van der Waals surface area (Å²) in [7, 11) is 0. The summed E-state index contributed by atoms with van der Waals surface area (Å²) in [4.78, 5) is 31.3. The summed E-state index contributed by atoms with van der Waals surface area (Å²) >= 11 is 2.92. The lowest BCUT2D eigenvalue weighted by Crippen LogP contribution is -2.18. The monoisotopic (exact) mass is 454 g/mol. The lowest BCUT2D eigenvalue weighted by atomic mass is 9.95. The molecule has 0 bridgehead atoms. The Kier molecular flexibility index (Phi) is 6.62. The third-order valence-electron chi connectivity index (χ3n) is 5.22. The molecular weight excluding hydrogens is 428 g/mol. The smallest absolute Gasteiger partial charge is 0.341 e. The summed E-state index contributed by atoms with van der Waals surface area (Å²) in [6.07, 6.45) is 3.78. The number of thiophene rings is 1. The summed E-state index contributed by atoms with van der Waals surface area (Å²) in [6.45, 7) is 5.73. The van der Waals surface area contributed by atoms with Crippen molar-refractivity contribution in [2.24, 2.45) is 0 Å². The van der Waals surface area contributed by atoms with E-state index in [4.69, 9.17) is 4.74 Å². The molecule has 2 aromatic heterocycles. The Morgan fingerprint density at radius 1 is 1.23 bits per heavy atom. The van der Waals surface area contributed by atoms with Gasteiger partial charge in [-0.05, 0) is 69.7 Å². The van der Waals surface area contributed by atoms with Crippen LogP contribution in [0, 0.1) is 6.92 Å². The Bertz CT molecular complexity index is 1140. The third-order valence-corrected chi connectivity index (χ3v) is 7.34. The number of esters is 1. The van der Waals surface area contributed by atoms with Crippen LogP contribution < -0.4 is 5.32 Å². The maximum absolute atomic E-state index is 12.7. The van der Waals surface area contributed by atoms with Gasteiger partial charge in [0.1, 0.15) is 5.00 Å². The minimum Gasteiger partial charge on any atom is -0.459 e. The van der Waals surface area contributed by atoms with E-state index in [1.54, 1.807) is 0 Å². The fourth-order valence-electron chi connectivity index (χ4n) is 3.84. The van der Waals surface area contributed by atoms with Gasteiger partial charge in [-0.2, -0.15) is 0 Å². The molecule has 2 heterocycles. The van der Waals surface area contributed by atoms with E-state index in [9.17, 15) is 9.59 Å². The third kappa shape index (κ3) is 4.93. The molecule has 1 aliphatic carbocycles. The SMILES string of the molecule is Cc1cc(SCC(=O)Nc2sc3c(c2C(=O)OC(C)C)CCCC3)nc2ccccc12. The molecule has 7 heteroatoms. The highest BCUT2D eigenvalue weighted by molar-refractivity contribution is 7.99. The number of aromatic nitrogens is 1. The summed E-state index contributed by atoms with van der Waals surface area (Å²) in [5.74, 6) is -0.259. The average molecular weight is 455 g/mol. The highest BCUT2D eigenvalue weighted by Crippen LogP contribution is 2.39. The lowest BCUT2D eigenvalue weighted by molar-refractivity contribution is -0.113. The van der Waals surface area contributed by atoms with Crippen LogP contribution >= 0.6 is 23.1 Å². The molecule has 0 spiro atoms. The molecule has 0 unspecified atom stereocenters. The quantitative estimate of drug-likeness (QED) is 0.378. The molecule has 1 aliphatic rings. The predicted molar refractivity (Wildman–Crippen MR) is 127 cm³/mol. The molecule has 3 aromatic rings. The van der Waals surface area contributed by atoms with Gasteiger partial charge in [-0.25, -0.2) is 9.78 Å². The van der Waals surface area contributed by atoms with Crippen LogP contribution in [0.1, 0.15) is 53.1 Å². The van der Waals surface area contributed by atoms with E-state index in [1.807, 2.05) is 38.1 Å². The molecule has 0 atom stereocenters. The van der Waals surface area contributed by atoms with Gasteiger partial charge in [0.05, 0.1) is 28.0 Å². The number of amides is 1. The van der Waals surface area contributed by atoms with Crippen LogP contribution in [0.2, 0.25) is 0 Å². The Morgan fingerprint density at radius 3 is 2.81 bits per heavy atom. The minimum atomic E-state index is -0.343. The maximum Gasteiger partial charge on any atom is 0.341 e. The number of hydrogen-bond acceptors (Lipinski definition) is 6. The molecule has 4 rings (SSSR count). The Morgan fingerprint density at radius 2 is 2.00 bits per heavy atom. The summed E-state index contributed by atoms with van der Waals surface area (Å²) in [6, 6.07) is 10.0. The van der Waals surface area contributed by atoms with Crippen molar-refractivity contribution < 1.29 is 14.3 Å². The predicted octanol–water partition coefficient (Wildman–Crippen LogP) is 5.78. The zero-order chi connectivity index (χ0) is 22.0. The number of ether oxygens (including phenoxy) is 1. The second-order valence-electron chi connectivity index (χ2n) is 8.00. The average Bonchev–Trinajstić information content (AvgIpc) is 3.09. The fourth-order valence-corrected chi connectivity index (χ4v) is 5.91. The van der Waals surface area contributed by atoms with E-state index in [0.717, 1.165) is 52.7 Å². The number of fused-ring (bicyclic) bond motifs is 2. The van der Waals surface area contributed by atoms with Crippen molar-refractivity contribution in [2.45, 2.75) is 57.6 Å². The van der Waals surface area contributed by atoms with Crippen molar-refractivity contribution in [1.82, 2.24) is 4.98 Å². The number of benzene rings is 1. The van der Waals surface area contributed by atoms with E-state index >= 15 is 0 Å². The molecule has 0 fully saturated rings. The van der Waals surface area contributed by atoms with Crippen LogP contribution in [0.25, 0.3) is 10.9 Å². The standard InChI is InChI=1S/C24H26N2O3S2/c1-14(2)29-24(28)22-17-9-5-7-11-19(17)31-23(22)26-20(27)13-30-21-12-15(3)16-8-4-6-10-18(16)25-21/h4,6,8,10,12,14H,5,7,9,11,13H2,1-3H3,(H,26,27). The molecule has 1 N–H and O–H groups in total. The number of anilines is 1. The zero-order valence-corrected chi connectivity index (χ0v) is 19.6. The second kappa shape index (κ2) is 9.40. The molecule has 31 heavy (non-hydrogen) atoms. The highest BCUT2D eigenvalue weighted by atomic mass is 32.2. The molecule has 1 amide bonds. The number of nitrogens with zero attached hydrogens (tertiary/aromatic N) is 1. The number of carbonyl (C=O) groups is 2. The Balaban J connectivity index is 1.50. The highest BCUT2D eigenvalue weighted by Gasteiger charge is 2.27. The van der Waals surface area contributed by atoms with E-state index in [1.165, 1.54) is 28.0 Å². The molecule has 5 nitrogen and oxygen atoms in total. The Hall–Kier alpha value is -2.38. The molecule has 0 saturated carbocycles. The molecular formula is C24H26N2O3S2. The van der Waals surface area contributed by atoms with E-state index in [2.05, 4.69) is 23.3 Å². The normalized spacial score (nSPS) is 13.3. The summed E-state index contributed by atoms with van der Waals surface area (Å²) < 4.78 is 5.47. The van der Waals surface area contributed by atoms with Gasteiger partial charge in [0, 0.05) is 10.3 Å². The van der Waals surface area contributed by atoms with Crippen molar-refractivity contribution in [1.29, 1.82) is 0 Å². The minimum absolute atomic E-state index is 0.144. The topological polar surface area (TPSA) is 68.3 Å².